The van der Waals surface area contributed by atoms with Crippen LogP contribution in [0.15, 0.2) is 30.3 Å². The molecule has 1 aromatic heterocycles. The van der Waals surface area contributed by atoms with Crippen molar-refractivity contribution in [2.75, 3.05) is 5.32 Å². The lowest BCUT2D eigenvalue weighted by molar-refractivity contribution is 0.412. The number of nitrogens with zero attached hydrogens (tertiary/aromatic N) is 2. The number of nitrogens with one attached hydrogen (secondary N) is 1. The van der Waals surface area contributed by atoms with Crippen molar-refractivity contribution in [1.29, 1.82) is 0 Å². The molecule has 0 bridgehead atoms. The summed E-state index contributed by atoms with van der Waals surface area (Å²) < 4.78 is 1.97. The van der Waals surface area contributed by atoms with Crippen molar-refractivity contribution < 1.29 is 0 Å². The van der Waals surface area contributed by atoms with Crippen LogP contribution in [0.2, 0.25) is 0 Å². The van der Waals surface area contributed by atoms with Crippen molar-refractivity contribution in [1.82, 2.24) is 9.78 Å². The van der Waals surface area contributed by atoms with E-state index >= 15 is 0 Å². The van der Waals surface area contributed by atoms with Gasteiger partial charge in [0.2, 0.25) is 0 Å². The monoisotopic (exact) mass is 283 g/mol. The summed E-state index contributed by atoms with van der Waals surface area (Å²) in [5.41, 5.74) is 5.09. The van der Waals surface area contributed by atoms with Gasteiger partial charge in [-0.25, -0.2) is 0 Å². The summed E-state index contributed by atoms with van der Waals surface area (Å²) >= 11 is 0. The zero-order chi connectivity index (χ0) is 14.8. The Kier molecular flexibility index (Phi) is 4.00. The normalized spacial score (nSPS) is 22.2. The molecule has 0 saturated heterocycles. The van der Waals surface area contributed by atoms with E-state index in [2.05, 4.69) is 54.6 Å². The highest BCUT2D eigenvalue weighted by Gasteiger charge is 2.23. The minimum absolute atomic E-state index is 0.589. The number of hydrogen-bond acceptors (Lipinski definition) is 2. The summed E-state index contributed by atoms with van der Waals surface area (Å²) in [5.74, 6) is 0.736. The van der Waals surface area contributed by atoms with Gasteiger partial charge in [0.15, 0.2) is 0 Å². The Morgan fingerprint density at radius 3 is 2.29 bits per heavy atom. The van der Waals surface area contributed by atoms with Gasteiger partial charge in [0.25, 0.3) is 0 Å². The van der Waals surface area contributed by atoms with Crippen LogP contribution < -0.4 is 5.32 Å². The lowest BCUT2D eigenvalue weighted by Gasteiger charge is -2.30. The summed E-state index contributed by atoms with van der Waals surface area (Å²) in [7, 11) is 2.01. The quantitative estimate of drug-likeness (QED) is 0.916. The molecule has 1 saturated carbocycles. The van der Waals surface area contributed by atoms with Gasteiger partial charge >= 0.3 is 0 Å². The molecule has 2 aromatic rings. The van der Waals surface area contributed by atoms with Gasteiger partial charge < -0.3 is 5.32 Å². The van der Waals surface area contributed by atoms with Crippen LogP contribution in [0, 0.1) is 13.8 Å². The first-order chi connectivity index (χ1) is 10.1. The van der Waals surface area contributed by atoms with Gasteiger partial charge in [0, 0.05) is 13.1 Å². The predicted octanol–water partition coefficient (Wildman–Crippen LogP) is 4.18. The molecule has 112 valence electrons. The van der Waals surface area contributed by atoms with E-state index in [-0.39, 0.29) is 0 Å². The van der Waals surface area contributed by atoms with Gasteiger partial charge in [-0.1, -0.05) is 30.3 Å². The highest BCUT2D eigenvalue weighted by atomic mass is 15.3. The lowest BCUT2D eigenvalue weighted by Crippen LogP contribution is -2.25. The van der Waals surface area contributed by atoms with Crippen molar-refractivity contribution in [2.24, 2.45) is 7.05 Å². The topological polar surface area (TPSA) is 29.9 Å². The molecule has 1 fully saturated rings. The minimum atomic E-state index is 0.589. The fraction of sp³-hybridized carbons (Fsp3) is 0.500. The molecule has 0 unspecified atom stereocenters. The fourth-order valence-corrected chi connectivity index (χ4v) is 3.48. The van der Waals surface area contributed by atoms with E-state index in [0.29, 0.717) is 6.04 Å². The summed E-state index contributed by atoms with van der Waals surface area (Å²) in [6.45, 7) is 4.23. The molecule has 1 aliphatic rings. The standard InChI is InChI=1S/C18H25N3/c1-13-18(14(2)21(3)20-13)19-17-11-9-16(10-12-17)15-7-5-4-6-8-15/h4-8,16-17,19H,9-12H2,1-3H3. The predicted molar refractivity (Wildman–Crippen MR) is 87.7 cm³/mol. The SMILES string of the molecule is Cc1nn(C)c(C)c1NC1CCC(c2ccccc2)CC1. The summed E-state index contributed by atoms with van der Waals surface area (Å²) in [4.78, 5) is 0. The van der Waals surface area contributed by atoms with Crippen molar-refractivity contribution in [3.8, 4) is 0 Å². The molecule has 1 N–H and O–H groups in total. The van der Waals surface area contributed by atoms with E-state index in [9.17, 15) is 0 Å². The average molecular weight is 283 g/mol. The highest BCUT2D eigenvalue weighted by molar-refractivity contribution is 5.52. The molecule has 21 heavy (non-hydrogen) atoms. The van der Waals surface area contributed by atoms with E-state index in [1.165, 1.54) is 42.6 Å². The number of aryl methyl sites for hydroxylation is 2. The molecular formula is C18H25N3. The summed E-state index contributed by atoms with van der Waals surface area (Å²) in [6.07, 6.45) is 5.04. The Labute approximate surface area is 127 Å². The second-order valence-electron chi connectivity index (χ2n) is 6.27. The molecule has 0 amide bonds. The van der Waals surface area contributed by atoms with Gasteiger partial charge in [-0.2, -0.15) is 5.10 Å². The maximum absolute atomic E-state index is 4.49. The van der Waals surface area contributed by atoms with Crippen LogP contribution in [0.1, 0.15) is 48.6 Å². The van der Waals surface area contributed by atoms with Crippen molar-refractivity contribution >= 4 is 5.69 Å². The summed E-state index contributed by atoms with van der Waals surface area (Å²) in [5, 5.41) is 8.22. The second-order valence-corrected chi connectivity index (χ2v) is 6.27. The van der Waals surface area contributed by atoms with Gasteiger partial charge in [-0.15, -0.1) is 0 Å². The lowest BCUT2D eigenvalue weighted by atomic mass is 9.81. The molecule has 1 aliphatic carbocycles. The first kappa shape index (κ1) is 14.2. The zero-order valence-electron chi connectivity index (χ0n) is 13.3. The largest absolute Gasteiger partial charge is 0.379 e. The maximum atomic E-state index is 4.49. The van der Waals surface area contributed by atoms with Gasteiger partial charge in [-0.05, 0) is 51.0 Å². The Morgan fingerprint density at radius 1 is 1.05 bits per heavy atom. The van der Waals surface area contributed by atoms with E-state index in [1.807, 2.05) is 11.7 Å². The first-order valence-electron chi connectivity index (χ1n) is 7.97. The average Bonchev–Trinajstić information content (AvgIpc) is 2.75. The molecule has 3 rings (SSSR count). The molecule has 1 heterocycles. The number of rotatable bonds is 3. The van der Waals surface area contributed by atoms with E-state index in [1.54, 1.807) is 0 Å². The molecule has 0 spiro atoms. The van der Waals surface area contributed by atoms with Crippen LogP contribution in [0.25, 0.3) is 0 Å². The zero-order valence-corrected chi connectivity index (χ0v) is 13.3. The van der Waals surface area contributed by atoms with Gasteiger partial charge in [0.05, 0.1) is 17.1 Å². The summed E-state index contributed by atoms with van der Waals surface area (Å²) in [6, 6.07) is 11.5. The third kappa shape index (κ3) is 2.97. The van der Waals surface area contributed by atoms with Crippen molar-refractivity contribution in [3.63, 3.8) is 0 Å². The van der Waals surface area contributed by atoms with Crippen LogP contribution in [0.4, 0.5) is 5.69 Å². The fourth-order valence-electron chi connectivity index (χ4n) is 3.48. The molecule has 0 aliphatic heterocycles. The van der Waals surface area contributed by atoms with Crippen LogP contribution >= 0.6 is 0 Å². The number of benzene rings is 1. The maximum Gasteiger partial charge on any atom is 0.0827 e. The Bertz CT molecular complexity index is 592. The minimum Gasteiger partial charge on any atom is -0.379 e. The van der Waals surface area contributed by atoms with E-state index < -0.39 is 0 Å². The third-order valence-electron chi connectivity index (χ3n) is 4.86. The smallest absolute Gasteiger partial charge is 0.0827 e. The highest BCUT2D eigenvalue weighted by Crippen LogP contribution is 2.34. The van der Waals surface area contributed by atoms with Crippen molar-refractivity contribution in [2.45, 2.75) is 51.5 Å². The van der Waals surface area contributed by atoms with Crippen LogP contribution in [-0.4, -0.2) is 15.8 Å². The molecule has 3 nitrogen and oxygen atoms in total. The molecule has 0 radical (unpaired) electrons. The number of hydrogen-bond donors (Lipinski definition) is 1. The van der Waals surface area contributed by atoms with Crippen LogP contribution in [0.5, 0.6) is 0 Å². The van der Waals surface area contributed by atoms with E-state index in [0.717, 1.165) is 11.6 Å². The van der Waals surface area contributed by atoms with E-state index in [4.69, 9.17) is 0 Å². The van der Waals surface area contributed by atoms with Gasteiger partial charge in [-0.3, -0.25) is 4.68 Å². The number of aromatic nitrogens is 2. The van der Waals surface area contributed by atoms with Crippen molar-refractivity contribution in [3.05, 3.63) is 47.3 Å². The molecular weight excluding hydrogens is 258 g/mol. The van der Waals surface area contributed by atoms with Gasteiger partial charge in [0.1, 0.15) is 0 Å². The molecule has 1 aromatic carbocycles. The Hall–Kier alpha value is -1.77. The third-order valence-corrected chi connectivity index (χ3v) is 4.86. The van der Waals surface area contributed by atoms with Crippen LogP contribution in [-0.2, 0) is 7.05 Å². The Balaban J connectivity index is 1.61. The Morgan fingerprint density at radius 2 is 1.71 bits per heavy atom. The number of anilines is 1. The molecule has 0 atom stereocenters. The second kappa shape index (κ2) is 5.92. The molecule has 3 heteroatoms. The van der Waals surface area contributed by atoms with Crippen LogP contribution in [0.3, 0.4) is 0 Å². The first-order valence-corrected chi connectivity index (χ1v) is 7.97.